The van der Waals surface area contributed by atoms with Crippen LogP contribution >= 0.6 is 23.1 Å². The fourth-order valence-corrected chi connectivity index (χ4v) is 2.73. The lowest BCUT2D eigenvalue weighted by atomic mass is 10.2. The minimum absolute atomic E-state index is 0.0307. The van der Waals surface area contributed by atoms with Gasteiger partial charge in [-0.15, -0.1) is 10.2 Å². The maximum absolute atomic E-state index is 11.8. The minimum atomic E-state index is -0.476. The van der Waals surface area contributed by atoms with Crippen LogP contribution in [0.2, 0.25) is 0 Å². The van der Waals surface area contributed by atoms with Crippen LogP contribution in [0.15, 0.2) is 16.0 Å². The number of carbonyl (C=O) groups excluding carboxylic acids is 1. The monoisotopic (exact) mass is 327 g/mol. The molecule has 112 valence electrons. The van der Waals surface area contributed by atoms with Crippen molar-refractivity contribution in [2.75, 3.05) is 11.1 Å². The van der Waals surface area contributed by atoms with Crippen molar-refractivity contribution in [3.63, 3.8) is 0 Å². The van der Waals surface area contributed by atoms with Crippen molar-refractivity contribution in [3.05, 3.63) is 21.4 Å². The van der Waals surface area contributed by atoms with Gasteiger partial charge in [0.05, 0.1) is 11.8 Å². The molecule has 0 radical (unpaired) electrons. The van der Waals surface area contributed by atoms with E-state index in [0.29, 0.717) is 5.13 Å². The number of nitrogens with zero attached hydrogens (tertiary/aromatic N) is 3. The second kappa shape index (κ2) is 6.68. The molecule has 0 bridgehead atoms. The van der Waals surface area contributed by atoms with E-state index in [1.165, 1.54) is 11.3 Å². The van der Waals surface area contributed by atoms with Crippen molar-refractivity contribution in [1.29, 1.82) is 0 Å². The molecule has 0 spiro atoms. The van der Waals surface area contributed by atoms with Crippen molar-refractivity contribution < 1.29 is 9.90 Å². The average Bonchev–Trinajstić information content (AvgIpc) is 2.84. The predicted octanol–water partition coefficient (Wildman–Crippen LogP) is 1.18. The second-order valence-electron chi connectivity index (χ2n) is 4.35. The topological polar surface area (TPSA) is 121 Å². The highest BCUT2D eigenvalue weighted by molar-refractivity contribution is 7.99. The molecule has 0 aliphatic carbocycles. The van der Waals surface area contributed by atoms with Crippen LogP contribution in [-0.4, -0.2) is 36.9 Å². The van der Waals surface area contributed by atoms with Gasteiger partial charge in [0.25, 0.3) is 5.56 Å². The number of aromatic amines is 1. The van der Waals surface area contributed by atoms with E-state index in [1.807, 2.05) is 13.8 Å². The number of hydrogen-bond donors (Lipinski definition) is 3. The first kappa shape index (κ1) is 15.4. The van der Waals surface area contributed by atoms with Gasteiger partial charge in [-0.3, -0.25) is 14.9 Å². The summed E-state index contributed by atoms with van der Waals surface area (Å²) in [7, 11) is 0. The van der Waals surface area contributed by atoms with E-state index < -0.39 is 5.56 Å². The molecule has 2 heterocycles. The predicted molar refractivity (Wildman–Crippen MR) is 79.9 cm³/mol. The maximum atomic E-state index is 11.8. The third-order valence-corrected chi connectivity index (χ3v) is 4.24. The van der Waals surface area contributed by atoms with E-state index in [2.05, 4.69) is 25.5 Å². The van der Waals surface area contributed by atoms with Crippen LogP contribution in [-0.2, 0) is 4.79 Å². The van der Waals surface area contributed by atoms with Crippen LogP contribution in [0.3, 0.4) is 0 Å². The maximum Gasteiger partial charge on any atom is 0.255 e. The number of amides is 1. The van der Waals surface area contributed by atoms with Crippen molar-refractivity contribution in [2.24, 2.45) is 0 Å². The Hall–Kier alpha value is -1.94. The summed E-state index contributed by atoms with van der Waals surface area (Å²) in [6, 6.07) is 0.957. The second-order valence-corrected chi connectivity index (χ2v) is 6.32. The summed E-state index contributed by atoms with van der Waals surface area (Å²) in [5.74, 6) is -0.392. The van der Waals surface area contributed by atoms with Crippen LogP contribution in [0.5, 0.6) is 5.88 Å². The molecule has 0 aliphatic heterocycles. The number of rotatable bonds is 5. The van der Waals surface area contributed by atoms with Crippen LogP contribution in [0.1, 0.15) is 24.8 Å². The first-order chi connectivity index (χ1) is 9.94. The summed E-state index contributed by atoms with van der Waals surface area (Å²) >= 11 is 2.33. The Morgan fingerprint density at radius 1 is 1.52 bits per heavy atom. The summed E-state index contributed by atoms with van der Waals surface area (Å²) in [6.07, 6.45) is 0. The highest BCUT2D eigenvalue weighted by atomic mass is 32.2. The zero-order chi connectivity index (χ0) is 15.4. The van der Waals surface area contributed by atoms with E-state index in [-0.39, 0.29) is 28.6 Å². The normalized spacial score (nSPS) is 10.8. The van der Waals surface area contributed by atoms with Crippen molar-refractivity contribution in [2.45, 2.75) is 24.9 Å². The minimum Gasteiger partial charge on any atom is -0.493 e. The van der Waals surface area contributed by atoms with Gasteiger partial charge in [-0.25, -0.2) is 0 Å². The summed E-state index contributed by atoms with van der Waals surface area (Å²) in [6.45, 7) is 3.98. The Balaban J connectivity index is 1.91. The van der Waals surface area contributed by atoms with E-state index >= 15 is 0 Å². The summed E-state index contributed by atoms with van der Waals surface area (Å²) in [5, 5.41) is 21.1. The first-order valence-electron chi connectivity index (χ1n) is 6.00. The zero-order valence-electron chi connectivity index (χ0n) is 11.3. The van der Waals surface area contributed by atoms with Gasteiger partial charge < -0.3 is 10.1 Å². The Morgan fingerprint density at radius 2 is 2.29 bits per heavy atom. The van der Waals surface area contributed by atoms with Crippen LogP contribution in [0.4, 0.5) is 5.13 Å². The van der Waals surface area contributed by atoms with Gasteiger partial charge in [0.1, 0.15) is 5.01 Å². The molecular formula is C11H13N5O3S2. The zero-order valence-corrected chi connectivity index (χ0v) is 12.9. The number of hydrogen-bond acceptors (Lipinski definition) is 8. The largest absolute Gasteiger partial charge is 0.493 e. The summed E-state index contributed by atoms with van der Waals surface area (Å²) in [5.41, 5.74) is -0.476. The Bertz CT molecular complexity index is 697. The van der Waals surface area contributed by atoms with Gasteiger partial charge in [-0.1, -0.05) is 36.9 Å². The van der Waals surface area contributed by atoms with E-state index in [0.717, 1.165) is 22.8 Å². The molecule has 3 N–H and O–H groups in total. The lowest BCUT2D eigenvalue weighted by Crippen LogP contribution is -2.15. The lowest BCUT2D eigenvalue weighted by molar-refractivity contribution is -0.113. The molecule has 10 heteroatoms. The highest BCUT2D eigenvalue weighted by Crippen LogP contribution is 2.22. The number of H-pyrrole nitrogens is 1. The number of carbonyl (C=O) groups is 1. The number of thioether (sulfide) groups is 1. The molecule has 21 heavy (non-hydrogen) atoms. The Morgan fingerprint density at radius 3 is 2.90 bits per heavy atom. The molecule has 0 aromatic carbocycles. The molecule has 0 fully saturated rings. The molecular weight excluding hydrogens is 314 g/mol. The van der Waals surface area contributed by atoms with E-state index in [1.54, 1.807) is 0 Å². The molecule has 0 unspecified atom stereocenters. The van der Waals surface area contributed by atoms with Crippen molar-refractivity contribution in [1.82, 2.24) is 20.2 Å². The molecule has 0 saturated carbocycles. The van der Waals surface area contributed by atoms with Crippen molar-refractivity contribution in [3.8, 4) is 5.88 Å². The van der Waals surface area contributed by atoms with Crippen molar-refractivity contribution >= 4 is 34.1 Å². The Labute approximate surface area is 128 Å². The van der Waals surface area contributed by atoms with E-state index in [9.17, 15) is 14.7 Å². The molecule has 2 aromatic rings. The summed E-state index contributed by atoms with van der Waals surface area (Å²) < 4.78 is 0. The quantitative estimate of drug-likeness (QED) is 0.557. The Kier molecular flexibility index (Phi) is 4.91. The molecule has 2 aromatic heterocycles. The van der Waals surface area contributed by atoms with Gasteiger partial charge in [0.15, 0.2) is 5.16 Å². The van der Waals surface area contributed by atoms with Crippen LogP contribution in [0.25, 0.3) is 0 Å². The van der Waals surface area contributed by atoms with Gasteiger partial charge in [-0.2, -0.15) is 4.98 Å². The fourth-order valence-electron chi connectivity index (χ4n) is 1.30. The molecule has 8 nitrogen and oxygen atoms in total. The highest BCUT2D eigenvalue weighted by Gasteiger charge is 2.11. The smallest absolute Gasteiger partial charge is 0.255 e. The number of aromatic nitrogens is 4. The third kappa shape index (κ3) is 4.53. The lowest BCUT2D eigenvalue weighted by Gasteiger charge is -2.01. The van der Waals surface area contributed by atoms with Crippen LogP contribution < -0.4 is 10.9 Å². The fraction of sp³-hybridized carbons (Fsp3) is 0.364. The van der Waals surface area contributed by atoms with Gasteiger partial charge in [0, 0.05) is 5.92 Å². The van der Waals surface area contributed by atoms with Gasteiger partial charge >= 0.3 is 0 Å². The molecule has 0 saturated heterocycles. The van der Waals surface area contributed by atoms with E-state index in [4.69, 9.17) is 0 Å². The van der Waals surface area contributed by atoms with Crippen LogP contribution in [0, 0.1) is 0 Å². The average molecular weight is 327 g/mol. The third-order valence-electron chi connectivity index (χ3n) is 2.23. The number of anilines is 1. The molecule has 2 rings (SSSR count). The molecule has 0 aliphatic rings. The number of aromatic hydroxyl groups is 1. The summed E-state index contributed by atoms with van der Waals surface area (Å²) in [4.78, 5) is 29.0. The number of nitrogens with one attached hydrogen (secondary N) is 2. The van der Waals surface area contributed by atoms with Gasteiger partial charge in [0.2, 0.25) is 16.9 Å². The first-order valence-corrected chi connectivity index (χ1v) is 7.80. The molecule has 1 amide bonds. The SMILES string of the molecule is CC(C)c1nnc(NC(=O)CSc2nc(O)cc(=O)[nH]2)s1. The standard InChI is InChI=1S/C11H13N5O3S2/c1-5(2)9-15-16-11(21-9)14-8(19)4-20-10-12-6(17)3-7(18)13-10/h3,5H,4H2,1-2H3,(H,14,16,19)(H2,12,13,17,18). The van der Waals surface area contributed by atoms with Gasteiger partial charge in [-0.05, 0) is 0 Å². The molecule has 0 atom stereocenters.